The van der Waals surface area contributed by atoms with Crippen molar-refractivity contribution in [2.45, 2.75) is 0 Å². The second-order valence-corrected chi connectivity index (χ2v) is 6.85. The molecular formula is C20H14ClNO3S. The first-order valence-corrected chi connectivity index (χ1v) is 8.88. The van der Waals surface area contributed by atoms with Crippen molar-refractivity contribution in [2.24, 2.45) is 0 Å². The molecule has 0 aliphatic carbocycles. The number of ketones is 1. The van der Waals surface area contributed by atoms with E-state index in [0.29, 0.717) is 15.5 Å². The minimum atomic E-state index is -0.677. The van der Waals surface area contributed by atoms with Crippen molar-refractivity contribution in [1.29, 1.82) is 0 Å². The summed E-state index contributed by atoms with van der Waals surface area (Å²) in [5, 5.41) is 0.577. The molecule has 4 nitrogen and oxygen atoms in total. The molecule has 0 bridgehead atoms. The summed E-state index contributed by atoms with van der Waals surface area (Å²) in [6.07, 6.45) is 4.89. The van der Waals surface area contributed by atoms with E-state index in [1.54, 1.807) is 42.7 Å². The lowest BCUT2D eigenvalue weighted by Crippen LogP contribution is -2.13. The Morgan fingerprint density at radius 1 is 1.04 bits per heavy atom. The highest BCUT2D eigenvalue weighted by Gasteiger charge is 2.22. The van der Waals surface area contributed by atoms with Crippen LogP contribution in [0.25, 0.3) is 16.5 Å². The summed E-state index contributed by atoms with van der Waals surface area (Å²) >= 11 is 7.19. The van der Waals surface area contributed by atoms with Crippen LogP contribution in [0.1, 0.15) is 15.2 Å². The molecule has 2 aromatic heterocycles. The topological polar surface area (TPSA) is 56.3 Å². The number of carbonyl (C=O) groups is 2. The van der Waals surface area contributed by atoms with Gasteiger partial charge in [-0.1, -0.05) is 23.7 Å². The summed E-state index contributed by atoms with van der Waals surface area (Å²) in [6, 6.07) is 14.1. The molecule has 0 radical (unpaired) electrons. The summed E-state index contributed by atoms with van der Waals surface area (Å²) in [6.45, 7) is 0. The molecule has 0 N–H and O–H groups in total. The van der Waals surface area contributed by atoms with Gasteiger partial charge in [0, 0.05) is 22.3 Å². The number of pyridine rings is 1. The number of rotatable bonds is 5. The number of Topliss-reactive ketones (excluding diaryl/α,β-unsaturated/α-hetero) is 1. The number of nitrogens with zero attached hydrogens (tertiary/aromatic N) is 1. The third-order valence-electron chi connectivity index (χ3n) is 3.63. The maximum atomic E-state index is 12.9. The zero-order valence-electron chi connectivity index (χ0n) is 13.8. The highest BCUT2D eigenvalue weighted by Crippen LogP contribution is 2.29. The van der Waals surface area contributed by atoms with Crippen LogP contribution >= 0.6 is 22.9 Å². The fraction of sp³-hybridized carbons (Fsp3) is 0.0500. The molecule has 3 rings (SSSR count). The number of ether oxygens (including phenoxy) is 1. The lowest BCUT2D eigenvalue weighted by molar-refractivity contribution is -0.135. The predicted octanol–water partition coefficient (Wildman–Crippen LogP) is 4.90. The first kappa shape index (κ1) is 18.0. The van der Waals surface area contributed by atoms with E-state index in [1.165, 1.54) is 24.5 Å². The van der Waals surface area contributed by atoms with Crippen LogP contribution in [0.4, 0.5) is 0 Å². The van der Waals surface area contributed by atoms with E-state index in [0.717, 1.165) is 10.4 Å². The first-order valence-electron chi connectivity index (χ1n) is 7.69. The molecule has 0 aliphatic heterocycles. The molecule has 1 aromatic carbocycles. The van der Waals surface area contributed by atoms with Crippen LogP contribution in [0.3, 0.4) is 0 Å². The maximum absolute atomic E-state index is 12.9. The molecule has 0 spiro atoms. The Labute approximate surface area is 159 Å². The number of aromatic nitrogens is 1. The Morgan fingerprint density at radius 3 is 2.38 bits per heavy atom. The van der Waals surface area contributed by atoms with Gasteiger partial charge in [0.25, 0.3) is 0 Å². The van der Waals surface area contributed by atoms with Crippen molar-refractivity contribution in [3.63, 3.8) is 0 Å². The van der Waals surface area contributed by atoms with Gasteiger partial charge in [0.15, 0.2) is 0 Å². The maximum Gasteiger partial charge on any atom is 0.341 e. The number of hydrogen-bond donors (Lipinski definition) is 0. The Bertz CT molecular complexity index is 962. The molecule has 26 heavy (non-hydrogen) atoms. The number of thiophene rings is 1. The van der Waals surface area contributed by atoms with Crippen molar-refractivity contribution in [1.82, 2.24) is 4.98 Å². The number of benzene rings is 1. The first-order chi connectivity index (χ1) is 12.6. The summed E-state index contributed by atoms with van der Waals surface area (Å²) < 4.78 is 4.78. The molecule has 0 saturated heterocycles. The molecule has 0 unspecified atom stereocenters. The predicted molar refractivity (Wildman–Crippen MR) is 103 cm³/mol. The molecule has 0 aliphatic rings. The highest BCUT2D eigenvalue weighted by atomic mass is 35.5. The van der Waals surface area contributed by atoms with E-state index in [9.17, 15) is 9.59 Å². The molecule has 6 heteroatoms. The van der Waals surface area contributed by atoms with Gasteiger partial charge in [-0.25, -0.2) is 4.79 Å². The van der Waals surface area contributed by atoms with Crippen LogP contribution in [-0.2, 0) is 9.53 Å². The van der Waals surface area contributed by atoms with Gasteiger partial charge in [-0.3, -0.25) is 9.78 Å². The molecule has 2 heterocycles. The van der Waals surface area contributed by atoms with Crippen molar-refractivity contribution < 1.29 is 14.3 Å². The third kappa shape index (κ3) is 4.07. The van der Waals surface area contributed by atoms with E-state index in [-0.39, 0.29) is 11.4 Å². The average Bonchev–Trinajstić information content (AvgIpc) is 3.17. The van der Waals surface area contributed by atoms with Crippen LogP contribution in [0, 0.1) is 0 Å². The Hall–Kier alpha value is -2.76. The van der Waals surface area contributed by atoms with Crippen LogP contribution in [0.5, 0.6) is 0 Å². The largest absolute Gasteiger partial charge is 0.465 e. The quantitative estimate of drug-likeness (QED) is 0.207. The summed E-state index contributed by atoms with van der Waals surface area (Å²) in [5.41, 5.74) is 1.62. The Balaban J connectivity index is 1.95. The number of hydrogen-bond acceptors (Lipinski definition) is 5. The monoisotopic (exact) mass is 383 g/mol. The molecule has 0 fully saturated rings. The normalized spacial score (nSPS) is 11.2. The summed E-state index contributed by atoms with van der Waals surface area (Å²) in [7, 11) is 1.25. The van der Waals surface area contributed by atoms with Gasteiger partial charge in [0.05, 0.1) is 12.0 Å². The molecule has 130 valence electrons. The molecule has 3 aromatic rings. The van der Waals surface area contributed by atoms with Crippen molar-refractivity contribution in [3.05, 3.63) is 82.0 Å². The van der Waals surface area contributed by atoms with Gasteiger partial charge in [0.2, 0.25) is 5.78 Å². The van der Waals surface area contributed by atoms with Gasteiger partial charge in [-0.15, -0.1) is 11.3 Å². The summed E-state index contributed by atoms with van der Waals surface area (Å²) in [4.78, 5) is 30.4. The molecular weight excluding hydrogens is 370 g/mol. The fourth-order valence-electron chi connectivity index (χ4n) is 2.32. The summed E-state index contributed by atoms with van der Waals surface area (Å²) in [5.74, 6) is -1.05. The van der Waals surface area contributed by atoms with E-state index in [2.05, 4.69) is 4.98 Å². The van der Waals surface area contributed by atoms with E-state index in [4.69, 9.17) is 16.3 Å². The smallest absolute Gasteiger partial charge is 0.341 e. The minimum Gasteiger partial charge on any atom is -0.465 e. The van der Waals surface area contributed by atoms with Crippen LogP contribution < -0.4 is 0 Å². The van der Waals surface area contributed by atoms with Crippen LogP contribution in [0.2, 0.25) is 5.02 Å². The fourth-order valence-corrected chi connectivity index (χ4v) is 3.41. The van der Waals surface area contributed by atoms with E-state index < -0.39 is 5.97 Å². The highest BCUT2D eigenvalue weighted by molar-refractivity contribution is 7.17. The number of esters is 1. The molecule has 0 amide bonds. The van der Waals surface area contributed by atoms with Crippen molar-refractivity contribution in [3.8, 4) is 10.4 Å². The van der Waals surface area contributed by atoms with Gasteiger partial charge >= 0.3 is 5.97 Å². The number of carbonyl (C=O) groups excluding carboxylic acids is 2. The van der Waals surface area contributed by atoms with Crippen LogP contribution in [-0.4, -0.2) is 23.8 Å². The second kappa shape index (κ2) is 8.08. The zero-order chi connectivity index (χ0) is 18.5. The lowest BCUT2D eigenvalue weighted by Gasteiger charge is -2.04. The van der Waals surface area contributed by atoms with Gasteiger partial charge in [-0.2, -0.15) is 0 Å². The Kier molecular flexibility index (Phi) is 5.61. The van der Waals surface area contributed by atoms with Crippen LogP contribution in [0.15, 0.2) is 66.5 Å². The Morgan fingerprint density at radius 2 is 1.73 bits per heavy atom. The van der Waals surface area contributed by atoms with Crippen molar-refractivity contribution in [2.75, 3.05) is 7.11 Å². The lowest BCUT2D eigenvalue weighted by atomic mass is 10.1. The number of methoxy groups -OCH3 is 1. The number of halogens is 1. The van der Waals surface area contributed by atoms with Gasteiger partial charge in [-0.05, 0) is 53.6 Å². The second-order valence-electron chi connectivity index (χ2n) is 5.33. The molecule has 0 atom stereocenters. The van der Waals surface area contributed by atoms with Gasteiger partial charge in [0.1, 0.15) is 5.57 Å². The van der Waals surface area contributed by atoms with Gasteiger partial charge < -0.3 is 4.74 Å². The standard InChI is InChI=1S/C20H14ClNO3S/c1-25-20(24)16(12-13-2-4-15(21)5-3-13)19(23)18-7-6-17(26-18)14-8-10-22-11-9-14/h2-12H,1H3/b16-12+. The minimum absolute atomic E-state index is 0.0297. The van der Waals surface area contributed by atoms with E-state index >= 15 is 0 Å². The van der Waals surface area contributed by atoms with E-state index in [1.807, 2.05) is 18.2 Å². The third-order valence-corrected chi connectivity index (χ3v) is 5.01. The average molecular weight is 384 g/mol. The van der Waals surface area contributed by atoms with Crippen molar-refractivity contribution >= 4 is 40.8 Å². The SMILES string of the molecule is COC(=O)/C(=C/c1ccc(Cl)cc1)C(=O)c1ccc(-c2ccncc2)s1. The molecule has 0 saturated carbocycles. The zero-order valence-corrected chi connectivity index (χ0v) is 15.4.